The number of rotatable bonds is 6. The highest BCUT2D eigenvalue weighted by Gasteiger charge is 2.11. The van der Waals surface area contributed by atoms with Crippen LogP contribution in [-0.4, -0.2) is 22.1 Å². The van der Waals surface area contributed by atoms with Gasteiger partial charge in [-0.05, 0) is 49.2 Å². The lowest BCUT2D eigenvalue weighted by Gasteiger charge is -2.09. The molecule has 0 radical (unpaired) electrons. The zero-order valence-corrected chi connectivity index (χ0v) is 14.8. The number of carbonyl (C=O) groups excluding carboxylic acids is 1. The maximum atomic E-state index is 12.5. The molecule has 0 saturated carbocycles. The van der Waals surface area contributed by atoms with Crippen LogP contribution in [0.4, 0.5) is 0 Å². The normalized spacial score (nSPS) is 10.7. The van der Waals surface area contributed by atoms with Gasteiger partial charge in [-0.25, -0.2) is 9.78 Å². The lowest BCUT2D eigenvalue weighted by Crippen LogP contribution is -2.27. The molecular formula is C20H20N2O4. The smallest absolute Gasteiger partial charge is 0.331 e. The Hall–Kier alpha value is -3.15. The number of hydrogen-bond acceptors (Lipinski definition) is 5. The standard InChI is InChI=1S/C20H20N2O4/c1-3-11-25-15-7-9-16(10-8-15)26-18(23)12-22-13-21-19-14(2)5-4-6-17(19)20(22)24/h4-10,13H,3,11-12H2,1-2H3. The molecule has 134 valence electrons. The van der Waals surface area contributed by atoms with Gasteiger partial charge in [0.15, 0.2) is 0 Å². The van der Waals surface area contributed by atoms with Crippen LogP contribution in [-0.2, 0) is 11.3 Å². The lowest BCUT2D eigenvalue weighted by atomic mass is 10.1. The van der Waals surface area contributed by atoms with Crippen molar-refractivity contribution in [2.24, 2.45) is 0 Å². The van der Waals surface area contributed by atoms with Crippen LogP contribution in [0, 0.1) is 6.92 Å². The Morgan fingerprint density at radius 3 is 2.58 bits per heavy atom. The summed E-state index contributed by atoms with van der Waals surface area (Å²) in [6.45, 7) is 4.35. The largest absolute Gasteiger partial charge is 0.494 e. The third-order valence-electron chi connectivity index (χ3n) is 3.88. The van der Waals surface area contributed by atoms with Crippen molar-refractivity contribution in [1.82, 2.24) is 9.55 Å². The van der Waals surface area contributed by atoms with Crippen molar-refractivity contribution in [1.29, 1.82) is 0 Å². The summed E-state index contributed by atoms with van der Waals surface area (Å²) in [7, 11) is 0. The number of para-hydroxylation sites is 1. The van der Waals surface area contributed by atoms with Gasteiger partial charge < -0.3 is 9.47 Å². The highest BCUT2D eigenvalue weighted by molar-refractivity contribution is 5.81. The van der Waals surface area contributed by atoms with E-state index in [-0.39, 0.29) is 12.1 Å². The fraction of sp³-hybridized carbons (Fsp3) is 0.250. The molecule has 1 aromatic heterocycles. The van der Waals surface area contributed by atoms with E-state index in [4.69, 9.17) is 9.47 Å². The summed E-state index contributed by atoms with van der Waals surface area (Å²) in [5.74, 6) is 0.580. The van der Waals surface area contributed by atoms with Gasteiger partial charge in [-0.3, -0.25) is 9.36 Å². The van der Waals surface area contributed by atoms with Crippen LogP contribution < -0.4 is 15.0 Å². The van der Waals surface area contributed by atoms with E-state index in [9.17, 15) is 9.59 Å². The molecule has 3 aromatic rings. The molecule has 0 spiro atoms. The average molecular weight is 352 g/mol. The fourth-order valence-electron chi connectivity index (χ4n) is 2.58. The van der Waals surface area contributed by atoms with Gasteiger partial charge >= 0.3 is 5.97 Å². The minimum Gasteiger partial charge on any atom is -0.494 e. The van der Waals surface area contributed by atoms with Crippen molar-refractivity contribution in [2.45, 2.75) is 26.8 Å². The van der Waals surface area contributed by atoms with Gasteiger partial charge in [-0.1, -0.05) is 19.1 Å². The van der Waals surface area contributed by atoms with Gasteiger partial charge in [0.25, 0.3) is 5.56 Å². The van der Waals surface area contributed by atoms with E-state index in [1.54, 1.807) is 36.4 Å². The van der Waals surface area contributed by atoms with Crippen LogP contribution in [0.2, 0.25) is 0 Å². The minimum atomic E-state index is -0.539. The summed E-state index contributed by atoms with van der Waals surface area (Å²) in [4.78, 5) is 28.9. The number of nitrogens with zero attached hydrogens (tertiary/aromatic N) is 2. The second-order valence-corrected chi connectivity index (χ2v) is 5.94. The Labute approximate surface area is 151 Å². The van der Waals surface area contributed by atoms with Crippen LogP contribution in [0.5, 0.6) is 11.5 Å². The first-order chi connectivity index (χ1) is 12.6. The van der Waals surface area contributed by atoms with E-state index < -0.39 is 5.97 Å². The van der Waals surface area contributed by atoms with E-state index in [0.29, 0.717) is 23.3 Å². The number of carbonyl (C=O) groups is 1. The summed E-state index contributed by atoms with van der Waals surface area (Å²) in [5, 5.41) is 0.484. The summed E-state index contributed by atoms with van der Waals surface area (Å²) >= 11 is 0. The predicted molar refractivity (Wildman–Crippen MR) is 98.6 cm³/mol. The third-order valence-corrected chi connectivity index (χ3v) is 3.88. The number of aromatic nitrogens is 2. The van der Waals surface area contributed by atoms with Crippen LogP contribution >= 0.6 is 0 Å². The number of ether oxygens (including phenoxy) is 2. The molecule has 0 aliphatic carbocycles. The molecule has 26 heavy (non-hydrogen) atoms. The van der Waals surface area contributed by atoms with Gasteiger partial charge in [0.1, 0.15) is 18.0 Å². The van der Waals surface area contributed by atoms with Crippen LogP contribution in [0.3, 0.4) is 0 Å². The molecule has 0 atom stereocenters. The Morgan fingerprint density at radius 1 is 1.12 bits per heavy atom. The van der Waals surface area contributed by atoms with Gasteiger partial charge in [0, 0.05) is 0 Å². The van der Waals surface area contributed by atoms with Crippen molar-refractivity contribution in [3.63, 3.8) is 0 Å². The average Bonchev–Trinajstić information content (AvgIpc) is 2.64. The molecule has 0 amide bonds. The SMILES string of the molecule is CCCOc1ccc(OC(=O)Cn2cnc3c(C)cccc3c2=O)cc1. The fourth-order valence-corrected chi connectivity index (χ4v) is 2.58. The molecule has 0 N–H and O–H groups in total. The van der Waals surface area contributed by atoms with Crippen LogP contribution in [0.25, 0.3) is 10.9 Å². The van der Waals surface area contributed by atoms with Crippen molar-refractivity contribution in [3.05, 3.63) is 64.7 Å². The first-order valence-corrected chi connectivity index (χ1v) is 8.47. The van der Waals surface area contributed by atoms with Gasteiger partial charge in [0.05, 0.1) is 23.8 Å². The van der Waals surface area contributed by atoms with Crippen molar-refractivity contribution >= 4 is 16.9 Å². The molecule has 3 rings (SSSR count). The molecule has 0 aliphatic heterocycles. The molecule has 2 aromatic carbocycles. The molecule has 0 unspecified atom stereocenters. The van der Waals surface area contributed by atoms with Crippen LogP contribution in [0.15, 0.2) is 53.6 Å². The molecule has 6 nitrogen and oxygen atoms in total. The van der Waals surface area contributed by atoms with E-state index >= 15 is 0 Å². The Balaban J connectivity index is 1.71. The predicted octanol–water partition coefficient (Wildman–Crippen LogP) is 3.10. The zero-order chi connectivity index (χ0) is 18.5. The summed E-state index contributed by atoms with van der Waals surface area (Å²) in [5.41, 5.74) is 1.29. The Bertz CT molecular complexity index is 977. The molecule has 0 bridgehead atoms. The minimum absolute atomic E-state index is 0.205. The van der Waals surface area contributed by atoms with E-state index in [1.165, 1.54) is 10.9 Å². The molecule has 0 aliphatic rings. The van der Waals surface area contributed by atoms with Crippen molar-refractivity contribution in [3.8, 4) is 11.5 Å². The van der Waals surface area contributed by atoms with Gasteiger partial charge in [-0.2, -0.15) is 0 Å². The topological polar surface area (TPSA) is 70.4 Å². The summed E-state index contributed by atoms with van der Waals surface area (Å²) in [6.07, 6.45) is 2.30. The lowest BCUT2D eigenvalue weighted by molar-refractivity contribution is -0.135. The Morgan fingerprint density at radius 2 is 1.85 bits per heavy atom. The second kappa shape index (κ2) is 7.82. The monoisotopic (exact) mass is 352 g/mol. The quantitative estimate of drug-likeness (QED) is 0.504. The number of esters is 1. The first-order valence-electron chi connectivity index (χ1n) is 8.47. The number of hydrogen-bond donors (Lipinski definition) is 0. The first kappa shape index (κ1) is 17.7. The molecular weight excluding hydrogens is 332 g/mol. The van der Waals surface area contributed by atoms with Gasteiger partial charge in [0.2, 0.25) is 0 Å². The number of aryl methyl sites for hydroxylation is 1. The molecule has 1 heterocycles. The summed E-state index contributed by atoms with van der Waals surface area (Å²) < 4.78 is 12.0. The van der Waals surface area contributed by atoms with Crippen LogP contribution in [0.1, 0.15) is 18.9 Å². The highest BCUT2D eigenvalue weighted by atomic mass is 16.5. The number of benzene rings is 2. The summed E-state index contributed by atoms with van der Waals surface area (Å²) in [6, 6.07) is 12.2. The van der Waals surface area contributed by atoms with E-state index in [2.05, 4.69) is 4.98 Å². The zero-order valence-electron chi connectivity index (χ0n) is 14.8. The van der Waals surface area contributed by atoms with E-state index in [0.717, 1.165) is 17.7 Å². The van der Waals surface area contributed by atoms with Gasteiger partial charge in [-0.15, -0.1) is 0 Å². The Kier molecular flexibility index (Phi) is 5.31. The molecule has 0 fully saturated rings. The maximum absolute atomic E-state index is 12.5. The highest BCUT2D eigenvalue weighted by Crippen LogP contribution is 2.18. The molecule has 0 saturated heterocycles. The molecule has 6 heteroatoms. The third kappa shape index (κ3) is 3.91. The van der Waals surface area contributed by atoms with Crippen molar-refractivity contribution in [2.75, 3.05) is 6.61 Å². The number of fused-ring (bicyclic) bond motifs is 1. The van der Waals surface area contributed by atoms with E-state index in [1.807, 2.05) is 19.9 Å². The second-order valence-electron chi connectivity index (χ2n) is 5.94. The maximum Gasteiger partial charge on any atom is 0.331 e. The van der Waals surface area contributed by atoms with Crippen molar-refractivity contribution < 1.29 is 14.3 Å².